The molecule has 3 aromatic rings. The standard InChI is InChI=1S/C22H18N2O4S/c1-2-11-24(21-23-12-19(29-21)20(25)26)22(27)28-13-18-16-9-5-3-7-14(16)15-8-4-6-10-17(15)18/h2-10,12,18H,1,11,13H2,(H,25,26). The van der Waals surface area contributed by atoms with Gasteiger partial charge in [-0.2, -0.15) is 0 Å². The number of anilines is 1. The Balaban J connectivity index is 1.55. The van der Waals surface area contributed by atoms with Gasteiger partial charge in [0, 0.05) is 12.5 Å². The van der Waals surface area contributed by atoms with Crippen molar-refractivity contribution in [3.05, 3.63) is 83.4 Å². The van der Waals surface area contributed by atoms with Crippen LogP contribution in [0.2, 0.25) is 0 Å². The molecule has 0 fully saturated rings. The molecular weight excluding hydrogens is 388 g/mol. The van der Waals surface area contributed by atoms with Crippen molar-refractivity contribution in [2.24, 2.45) is 0 Å². The normalized spacial score (nSPS) is 12.1. The molecule has 6 nitrogen and oxygen atoms in total. The van der Waals surface area contributed by atoms with E-state index in [0.717, 1.165) is 33.6 Å². The fourth-order valence-electron chi connectivity index (χ4n) is 3.52. The van der Waals surface area contributed by atoms with Gasteiger partial charge in [-0.1, -0.05) is 65.9 Å². The van der Waals surface area contributed by atoms with Crippen LogP contribution in [-0.4, -0.2) is 35.3 Å². The van der Waals surface area contributed by atoms with Crippen LogP contribution in [0.5, 0.6) is 0 Å². The summed E-state index contributed by atoms with van der Waals surface area (Å²) < 4.78 is 5.64. The van der Waals surface area contributed by atoms with Crippen LogP contribution in [-0.2, 0) is 4.74 Å². The Morgan fingerprint density at radius 1 is 1.14 bits per heavy atom. The van der Waals surface area contributed by atoms with Crippen molar-refractivity contribution in [3.8, 4) is 11.1 Å². The molecule has 29 heavy (non-hydrogen) atoms. The van der Waals surface area contributed by atoms with Gasteiger partial charge in [-0.15, -0.1) is 6.58 Å². The lowest BCUT2D eigenvalue weighted by Gasteiger charge is -2.20. The van der Waals surface area contributed by atoms with E-state index >= 15 is 0 Å². The summed E-state index contributed by atoms with van der Waals surface area (Å²) in [7, 11) is 0. The Kier molecular flexibility index (Phi) is 5.14. The average Bonchev–Trinajstić information content (AvgIpc) is 3.34. The summed E-state index contributed by atoms with van der Waals surface area (Å²) in [6.45, 7) is 4.01. The number of fused-ring (bicyclic) bond motifs is 3. The highest BCUT2D eigenvalue weighted by Gasteiger charge is 2.30. The van der Waals surface area contributed by atoms with Gasteiger partial charge in [0.15, 0.2) is 5.13 Å². The zero-order valence-corrected chi connectivity index (χ0v) is 16.3. The molecule has 2 aromatic carbocycles. The molecule has 146 valence electrons. The molecule has 0 atom stereocenters. The molecule has 1 aliphatic carbocycles. The first-order valence-corrected chi connectivity index (χ1v) is 9.84. The Bertz CT molecular complexity index is 1050. The van der Waals surface area contributed by atoms with Gasteiger partial charge in [0.2, 0.25) is 0 Å². The predicted molar refractivity (Wildman–Crippen MR) is 112 cm³/mol. The van der Waals surface area contributed by atoms with Crippen LogP contribution in [0.15, 0.2) is 67.4 Å². The number of ether oxygens (including phenoxy) is 1. The molecule has 1 amide bonds. The zero-order valence-electron chi connectivity index (χ0n) is 15.4. The van der Waals surface area contributed by atoms with E-state index in [-0.39, 0.29) is 29.1 Å². The SMILES string of the molecule is C=CCN(C(=O)OCC1c2ccccc2-c2ccccc21)c1ncc(C(=O)O)s1. The number of hydrogen-bond acceptors (Lipinski definition) is 5. The maximum absolute atomic E-state index is 12.8. The Morgan fingerprint density at radius 3 is 2.31 bits per heavy atom. The molecule has 0 aliphatic heterocycles. The van der Waals surface area contributed by atoms with Crippen LogP contribution in [0.3, 0.4) is 0 Å². The van der Waals surface area contributed by atoms with Gasteiger partial charge >= 0.3 is 12.1 Å². The van der Waals surface area contributed by atoms with E-state index in [1.54, 1.807) is 6.08 Å². The van der Waals surface area contributed by atoms with Gasteiger partial charge in [0.25, 0.3) is 0 Å². The summed E-state index contributed by atoms with van der Waals surface area (Å²) in [5.74, 6) is -1.14. The van der Waals surface area contributed by atoms with Gasteiger partial charge < -0.3 is 9.84 Å². The first-order chi connectivity index (χ1) is 14.1. The molecule has 0 bridgehead atoms. The van der Waals surface area contributed by atoms with Crippen LogP contribution >= 0.6 is 11.3 Å². The van der Waals surface area contributed by atoms with E-state index in [4.69, 9.17) is 9.84 Å². The molecule has 0 unspecified atom stereocenters. The summed E-state index contributed by atoms with van der Waals surface area (Å²) in [5, 5.41) is 9.36. The summed E-state index contributed by atoms with van der Waals surface area (Å²) >= 11 is 0.919. The number of carbonyl (C=O) groups is 2. The van der Waals surface area contributed by atoms with Gasteiger partial charge in [-0.05, 0) is 22.3 Å². The number of aromatic nitrogens is 1. The third kappa shape index (κ3) is 3.52. The second-order valence-corrected chi connectivity index (χ2v) is 7.52. The van der Waals surface area contributed by atoms with Crippen molar-refractivity contribution in [1.82, 2.24) is 4.98 Å². The fraction of sp³-hybridized carbons (Fsp3) is 0.136. The quantitative estimate of drug-likeness (QED) is 0.596. The first-order valence-electron chi connectivity index (χ1n) is 9.02. The van der Waals surface area contributed by atoms with E-state index in [9.17, 15) is 9.59 Å². The van der Waals surface area contributed by atoms with Gasteiger partial charge in [-0.25, -0.2) is 19.5 Å². The van der Waals surface area contributed by atoms with Crippen molar-refractivity contribution in [2.75, 3.05) is 18.1 Å². The van der Waals surface area contributed by atoms with E-state index in [2.05, 4.69) is 35.8 Å². The molecule has 0 radical (unpaired) electrons. The maximum atomic E-state index is 12.8. The number of carboxylic acid groups (broad SMARTS) is 1. The molecule has 7 heteroatoms. The molecule has 1 heterocycles. The van der Waals surface area contributed by atoms with Gasteiger partial charge in [0.05, 0.1) is 6.20 Å². The number of nitrogens with zero attached hydrogens (tertiary/aromatic N) is 2. The molecule has 4 rings (SSSR count). The van der Waals surface area contributed by atoms with Crippen LogP contribution in [0.4, 0.5) is 9.93 Å². The van der Waals surface area contributed by atoms with Crippen molar-refractivity contribution in [1.29, 1.82) is 0 Å². The minimum Gasteiger partial charge on any atom is -0.477 e. The number of benzene rings is 2. The monoisotopic (exact) mass is 406 g/mol. The van der Waals surface area contributed by atoms with Crippen molar-refractivity contribution >= 4 is 28.5 Å². The molecule has 1 aromatic heterocycles. The molecule has 0 saturated carbocycles. The lowest BCUT2D eigenvalue weighted by molar-refractivity contribution is 0.0702. The average molecular weight is 406 g/mol. The van der Waals surface area contributed by atoms with E-state index in [1.165, 1.54) is 11.1 Å². The third-order valence-electron chi connectivity index (χ3n) is 4.80. The third-order valence-corrected chi connectivity index (χ3v) is 5.81. The van der Waals surface area contributed by atoms with Gasteiger partial charge in [-0.3, -0.25) is 0 Å². The van der Waals surface area contributed by atoms with E-state index in [1.807, 2.05) is 24.3 Å². The van der Waals surface area contributed by atoms with E-state index in [0.29, 0.717) is 0 Å². The smallest absolute Gasteiger partial charge is 0.416 e. The lowest BCUT2D eigenvalue weighted by atomic mass is 9.98. The molecule has 1 aliphatic rings. The van der Waals surface area contributed by atoms with Gasteiger partial charge in [0.1, 0.15) is 11.5 Å². The number of hydrogen-bond donors (Lipinski definition) is 1. The highest BCUT2D eigenvalue weighted by Crippen LogP contribution is 2.44. The highest BCUT2D eigenvalue weighted by atomic mass is 32.1. The van der Waals surface area contributed by atoms with Crippen molar-refractivity contribution in [2.45, 2.75) is 5.92 Å². The zero-order chi connectivity index (χ0) is 20.4. The summed E-state index contributed by atoms with van der Waals surface area (Å²) in [4.78, 5) is 29.3. The number of aromatic carboxylic acids is 1. The number of amides is 1. The second kappa shape index (κ2) is 7.89. The van der Waals surface area contributed by atoms with Crippen LogP contribution < -0.4 is 4.90 Å². The lowest BCUT2D eigenvalue weighted by Crippen LogP contribution is -2.32. The highest BCUT2D eigenvalue weighted by molar-refractivity contribution is 7.17. The summed E-state index contributed by atoms with van der Waals surface area (Å²) in [6.07, 6.45) is 2.19. The van der Waals surface area contributed by atoms with Crippen LogP contribution in [0, 0.1) is 0 Å². The van der Waals surface area contributed by atoms with Crippen molar-refractivity contribution in [3.63, 3.8) is 0 Å². The molecule has 0 saturated heterocycles. The number of thiazole rings is 1. The number of carboxylic acids is 1. The number of rotatable bonds is 6. The number of carbonyl (C=O) groups excluding carboxylic acids is 1. The summed E-state index contributed by atoms with van der Waals surface area (Å²) in [6, 6.07) is 16.2. The molecule has 1 N–H and O–H groups in total. The van der Waals surface area contributed by atoms with Crippen molar-refractivity contribution < 1.29 is 19.4 Å². The Hall–Kier alpha value is -3.45. The minimum absolute atomic E-state index is 0.0530. The Labute approximate surface area is 171 Å². The largest absolute Gasteiger partial charge is 0.477 e. The topological polar surface area (TPSA) is 79.7 Å². The predicted octanol–water partition coefficient (Wildman–Crippen LogP) is 4.78. The molecular formula is C22H18N2O4S. The van der Waals surface area contributed by atoms with Crippen LogP contribution in [0.25, 0.3) is 11.1 Å². The first kappa shape index (κ1) is 18.9. The maximum Gasteiger partial charge on any atom is 0.416 e. The fourth-order valence-corrected chi connectivity index (χ4v) is 4.27. The Morgan fingerprint density at radius 2 is 1.76 bits per heavy atom. The second-order valence-electron chi connectivity index (χ2n) is 6.52. The minimum atomic E-state index is -1.08. The summed E-state index contributed by atoms with van der Waals surface area (Å²) in [5.41, 5.74) is 4.55. The van der Waals surface area contributed by atoms with E-state index < -0.39 is 12.1 Å². The molecule has 0 spiro atoms. The van der Waals surface area contributed by atoms with Crippen LogP contribution in [0.1, 0.15) is 26.7 Å².